The Bertz CT molecular complexity index is 1290. The molecule has 1 amide bonds. The highest BCUT2D eigenvalue weighted by Crippen LogP contribution is 2.49. The summed E-state index contributed by atoms with van der Waals surface area (Å²) >= 11 is 0. The van der Waals surface area contributed by atoms with Crippen molar-refractivity contribution in [2.24, 2.45) is 7.05 Å². The maximum atomic E-state index is 13.1. The first-order chi connectivity index (χ1) is 14.8. The molecule has 5 rings (SSSR count). The third-order valence-corrected chi connectivity index (χ3v) is 7.35. The van der Waals surface area contributed by atoms with Crippen LogP contribution in [0.4, 0.5) is 0 Å². The summed E-state index contributed by atoms with van der Waals surface area (Å²) in [4.78, 5) is 15.0. The van der Waals surface area contributed by atoms with Gasteiger partial charge in [0.2, 0.25) is 0 Å². The largest absolute Gasteiger partial charge is 0.482 e. The van der Waals surface area contributed by atoms with Gasteiger partial charge in [-0.05, 0) is 30.3 Å². The van der Waals surface area contributed by atoms with Crippen molar-refractivity contribution in [3.8, 4) is 17.0 Å². The highest BCUT2D eigenvalue weighted by Gasteiger charge is 2.45. The van der Waals surface area contributed by atoms with Crippen LogP contribution in [0.15, 0.2) is 59.6 Å². The third kappa shape index (κ3) is 3.22. The molecule has 1 saturated heterocycles. The predicted octanol–water partition coefficient (Wildman–Crippen LogP) is 3.01. The number of amides is 1. The van der Waals surface area contributed by atoms with Crippen LogP contribution in [0.2, 0.25) is 0 Å². The standard InChI is InChI=1S/C23H23N3O4S/c1-25-21-18-8-3-4-9-20(18)30-23(19(21)15-24-25)10-12-26(13-11-23)22(27)16-6-5-7-17(14-16)31(2,28)29/h3-9,14-15H,10-13H2,1-2H3. The van der Waals surface area contributed by atoms with Gasteiger partial charge in [0.1, 0.15) is 11.4 Å². The van der Waals surface area contributed by atoms with E-state index in [1.165, 1.54) is 12.1 Å². The van der Waals surface area contributed by atoms with E-state index in [1.54, 1.807) is 17.0 Å². The highest BCUT2D eigenvalue weighted by atomic mass is 32.2. The highest BCUT2D eigenvalue weighted by molar-refractivity contribution is 7.90. The van der Waals surface area contributed by atoms with Crippen LogP contribution in [0.1, 0.15) is 28.8 Å². The maximum Gasteiger partial charge on any atom is 0.253 e. The first-order valence-corrected chi connectivity index (χ1v) is 12.1. The van der Waals surface area contributed by atoms with Gasteiger partial charge in [0.05, 0.1) is 16.8 Å². The molecule has 0 unspecified atom stereocenters. The van der Waals surface area contributed by atoms with E-state index in [-0.39, 0.29) is 10.8 Å². The molecule has 0 saturated carbocycles. The molecule has 2 aliphatic rings. The van der Waals surface area contributed by atoms with Gasteiger partial charge in [-0.1, -0.05) is 18.2 Å². The molecule has 1 aromatic heterocycles. The average Bonchev–Trinajstić information content (AvgIpc) is 3.16. The van der Waals surface area contributed by atoms with Gasteiger partial charge < -0.3 is 9.64 Å². The number of hydrogen-bond donors (Lipinski definition) is 0. The lowest BCUT2D eigenvalue weighted by atomic mass is 9.81. The number of para-hydroxylation sites is 1. The van der Waals surface area contributed by atoms with Gasteiger partial charge in [0, 0.05) is 55.9 Å². The Hall–Kier alpha value is -3.13. The smallest absolute Gasteiger partial charge is 0.253 e. The summed E-state index contributed by atoms with van der Waals surface area (Å²) in [6.45, 7) is 1.02. The molecule has 2 aliphatic heterocycles. The number of rotatable bonds is 2. The fourth-order valence-corrected chi connectivity index (χ4v) is 5.26. The summed E-state index contributed by atoms with van der Waals surface area (Å²) in [6.07, 6.45) is 4.29. The van der Waals surface area contributed by atoms with Crippen molar-refractivity contribution in [1.29, 1.82) is 0 Å². The van der Waals surface area contributed by atoms with Gasteiger partial charge in [-0.25, -0.2) is 8.42 Å². The van der Waals surface area contributed by atoms with E-state index in [0.29, 0.717) is 31.5 Å². The minimum absolute atomic E-state index is 0.152. The Morgan fingerprint density at radius 3 is 2.58 bits per heavy atom. The van der Waals surface area contributed by atoms with Gasteiger partial charge in [-0.3, -0.25) is 9.48 Å². The van der Waals surface area contributed by atoms with E-state index in [4.69, 9.17) is 4.74 Å². The molecule has 7 nitrogen and oxygen atoms in total. The molecule has 2 aromatic carbocycles. The van der Waals surface area contributed by atoms with Crippen LogP contribution < -0.4 is 4.74 Å². The van der Waals surface area contributed by atoms with Gasteiger partial charge in [0.25, 0.3) is 5.91 Å². The minimum Gasteiger partial charge on any atom is -0.482 e. The van der Waals surface area contributed by atoms with Crippen LogP contribution >= 0.6 is 0 Å². The molecule has 1 fully saturated rings. The lowest BCUT2D eigenvalue weighted by Crippen LogP contribution is -2.49. The van der Waals surface area contributed by atoms with Crippen molar-refractivity contribution in [3.05, 3.63) is 65.9 Å². The van der Waals surface area contributed by atoms with E-state index in [9.17, 15) is 13.2 Å². The van der Waals surface area contributed by atoms with Crippen LogP contribution in [0.25, 0.3) is 11.3 Å². The number of ether oxygens (including phenoxy) is 1. The zero-order chi connectivity index (χ0) is 21.8. The monoisotopic (exact) mass is 437 g/mol. The van der Waals surface area contributed by atoms with Crippen LogP contribution in [-0.2, 0) is 22.5 Å². The SMILES string of the molecule is Cn1ncc2c1-c1ccccc1OC21CCN(C(=O)c2cccc(S(C)(=O)=O)c2)CC1. The van der Waals surface area contributed by atoms with E-state index in [1.807, 2.05) is 42.2 Å². The summed E-state index contributed by atoms with van der Waals surface area (Å²) in [5, 5.41) is 4.48. The molecule has 8 heteroatoms. The quantitative estimate of drug-likeness (QED) is 0.616. The molecular weight excluding hydrogens is 414 g/mol. The summed E-state index contributed by atoms with van der Waals surface area (Å²) in [6, 6.07) is 14.2. The number of carbonyl (C=O) groups is 1. The number of piperidine rings is 1. The second-order valence-corrected chi connectivity index (χ2v) is 10.2. The normalized spacial score (nSPS) is 17.0. The Morgan fingerprint density at radius 1 is 1.10 bits per heavy atom. The lowest BCUT2D eigenvalue weighted by Gasteiger charge is -2.44. The van der Waals surface area contributed by atoms with Crippen molar-refractivity contribution >= 4 is 15.7 Å². The number of fused-ring (bicyclic) bond motifs is 4. The van der Waals surface area contributed by atoms with Crippen molar-refractivity contribution in [2.45, 2.75) is 23.3 Å². The molecule has 160 valence electrons. The number of aromatic nitrogens is 2. The second kappa shape index (κ2) is 6.95. The summed E-state index contributed by atoms with van der Waals surface area (Å²) < 4.78 is 32.1. The number of sulfone groups is 1. The van der Waals surface area contributed by atoms with Gasteiger partial charge in [-0.15, -0.1) is 0 Å². The number of benzene rings is 2. The topological polar surface area (TPSA) is 81.5 Å². The van der Waals surface area contributed by atoms with Crippen molar-refractivity contribution in [1.82, 2.24) is 14.7 Å². The van der Waals surface area contributed by atoms with Gasteiger partial charge in [-0.2, -0.15) is 5.10 Å². The molecule has 0 N–H and O–H groups in total. The number of hydrogen-bond acceptors (Lipinski definition) is 5. The van der Waals surface area contributed by atoms with E-state index in [0.717, 1.165) is 28.8 Å². The lowest BCUT2D eigenvalue weighted by molar-refractivity contribution is -0.00173. The first-order valence-electron chi connectivity index (χ1n) is 10.2. The molecular formula is C23H23N3O4S. The minimum atomic E-state index is -3.37. The van der Waals surface area contributed by atoms with Crippen LogP contribution in [0.5, 0.6) is 5.75 Å². The summed E-state index contributed by atoms with van der Waals surface area (Å²) in [5.41, 5.74) is 3.00. The van der Waals surface area contributed by atoms with Crippen molar-refractivity contribution in [2.75, 3.05) is 19.3 Å². The fourth-order valence-electron chi connectivity index (χ4n) is 4.59. The number of likely N-dealkylation sites (tertiary alicyclic amines) is 1. The first kappa shape index (κ1) is 19.8. The number of nitrogens with zero attached hydrogens (tertiary/aromatic N) is 3. The molecule has 3 aromatic rings. The summed E-state index contributed by atoms with van der Waals surface area (Å²) in [7, 11) is -1.44. The van der Waals surface area contributed by atoms with Gasteiger partial charge in [0.15, 0.2) is 9.84 Å². The number of aryl methyl sites for hydroxylation is 1. The van der Waals surface area contributed by atoms with E-state index in [2.05, 4.69) is 5.10 Å². The second-order valence-electron chi connectivity index (χ2n) is 8.22. The van der Waals surface area contributed by atoms with Gasteiger partial charge >= 0.3 is 0 Å². The molecule has 31 heavy (non-hydrogen) atoms. The summed E-state index contributed by atoms with van der Waals surface area (Å²) in [5.74, 6) is 0.669. The Kier molecular flexibility index (Phi) is 4.44. The molecule has 0 atom stereocenters. The maximum absolute atomic E-state index is 13.1. The fraction of sp³-hybridized carbons (Fsp3) is 0.304. The molecule has 3 heterocycles. The third-order valence-electron chi connectivity index (χ3n) is 6.24. The average molecular weight is 438 g/mol. The molecule has 0 aliphatic carbocycles. The predicted molar refractivity (Wildman–Crippen MR) is 116 cm³/mol. The molecule has 0 bridgehead atoms. The van der Waals surface area contributed by atoms with E-state index >= 15 is 0 Å². The zero-order valence-corrected chi connectivity index (χ0v) is 18.2. The van der Waals surface area contributed by atoms with Crippen LogP contribution in [0.3, 0.4) is 0 Å². The Labute approximate surface area is 181 Å². The zero-order valence-electron chi connectivity index (χ0n) is 17.4. The Morgan fingerprint density at radius 2 is 1.84 bits per heavy atom. The van der Waals surface area contributed by atoms with Crippen LogP contribution in [0, 0.1) is 0 Å². The van der Waals surface area contributed by atoms with Crippen molar-refractivity contribution < 1.29 is 17.9 Å². The number of carbonyl (C=O) groups excluding carboxylic acids is 1. The molecule has 0 radical (unpaired) electrons. The van der Waals surface area contributed by atoms with E-state index < -0.39 is 15.4 Å². The Balaban J connectivity index is 1.42. The van der Waals surface area contributed by atoms with Crippen LogP contribution in [-0.4, -0.2) is 48.4 Å². The van der Waals surface area contributed by atoms with Crippen molar-refractivity contribution in [3.63, 3.8) is 0 Å². The molecule has 1 spiro atoms.